The first kappa shape index (κ1) is 17.1. The average Bonchev–Trinajstić information content (AvgIpc) is 2.80. The second-order valence-corrected chi connectivity index (χ2v) is 9.94. The van der Waals surface area contributed by atoms with Crippen LogP contribution in [-0.2, 0) is 0 Å². The molecule has 0 aromatic carbocycles. The summed E-state index contributed by atoms with van der Waals surface area (Å²) in [4.78, 5) is 0. The van der Waals surface area contributed by atoms with Crippen LogP contribution in [0.4, 0.5) is 0 Å². The Balaban J connectivity index is 1.67. The van der Waals surface area contributed by atoms with Crippen LogP contribution in [0, 0.1) is 35.5 Å². The molecule has 2 bridgehead atoms. The zero-order chi connectivity index (χ0) is 17.1. The lowest BCUT2D eigenvalue weighted by atomic mass is 9.63. The molecule has 0 amide bonds. The van der Waals surface area contributed by atoms with Gasteiger partial charge in [0.05, 0.1) is 11.2 Å². The van der Waals surface area contributed by atoms with Crippen LogP contribution < -0.4 is 0 Å². The Morgan fingerprint density at radius 3 is 2.38 bits per heavy atom. The van der Waals surface area contributed by atoms with Gasteiger partial charge in [0, 0.05) is 0 Å². The normalized spacial score (nSPS) is 52.1. The van der Waals surface area contributed by atoms with Crippen molar-refractivity contribution in [3.63, 3.8) is 0 Å². The van der Waals surface area contributed by atoms with E-state index in [0.717, 1.165) is 25.7 Å². The van der Waals surface area contributed by atoms with Crippen molar-refractivity contribution >= 4 is 0 Å². The summed E-state index contributed by atoms with van der Waals surface area (Å²) in [5.41, 5.74) is 0.258. The Kier molecular flexibility index (Phi) is 4.16. The van der Waals surface area contributed by atoms with Crippen molar-refractivity contribution in [2.45, 2.75) is 89.3 Å². The van der Waals surface area contributed by atoms with Gasteiger partial charge in [-0.15, -0.1) is 0 Å². The minimum atomic E-state index is -0.610. The lowest BCUT2D eigenvalue weighted by Gasteiger charge is -2.43. The first-order valence-electron chi connectivity index (χ1n) is 10.5. The summed E-state index contributed by atoms with van der Waals surface area (Å²) in [5.74, 6) is 2.67. The van der Waals surface area contributed by atoms with Gasteiger partial charge in [-0.2, -0.15) is 0 Å². The van der Waals surface area contributed by atoms with Crippen LogP contribution in [-0.4, -0.2) is 21.4 Å². The largest absolute Gasteiger partial charge is 0.390 e. The topological polar surface area (TPSA) is 40.5 Å². The molecule has 0 radical (unpaired) electrons. The average molecular weight is 333 g/mol. The van der Waals surface area contributed by atoms with E-state index in [1.165, 1.54) is 44.1 Å². The molecule has 7 atom stereocenters. The maximum Gasteiger partial charge on any atom is 0.0679 e. The summed E-state index contributed by atoms with van der Waals surface area (Å²) in [5, 5.41) is 22.5. The quantitative estimate of drug-likeness (QED) is 0.720. The van der Waals surface area contributed by atoms with Crippen molar-refractivity contribution in [1.82, 2.24) is 0 Å². The molecule has 24 heavy (non-hydrogen) atoms. The van der Waals surface area contributed by atoms with Gasteiger partial charge in [0.1, 0.15) is 0 Å². The van der Waals surface area contributed by atoms with Gasteiger partial charge in [-0.25, -0.2) is 0 Å². The van der Waals surface area contributed by atoms with Gasteiger partial charge in [0.15, 0.2) is 0 Å². The Hall–Kier alpha value is -0.340. The van der Waals surface area contributed by atoms with E-state index in [4.69, 9.17) is 0 Å². The SMILES string of the molecule is C=C(C1CCCCC1)[C@H]1C[C@H]2CC[C@@H]1[C@H]1[C@H](CC[C@]1(C)O)[C@]2(C)O. The summed E-state index contributed by atoms with van der Waals surface area (Å²) < 4.78 is 0. The summed E-state index contributed by atoms with van der Waals surface area (Å²) in [6, 6.07) is 0. The molecule has 0 unspecified atom stereocenters. The van der Waals surface area contributed by atoms with E-state index in [-0.39, 0.29) is 11.8 Å². The third-order valence-electron chi connectivity index (χ3n) is 8.66. The van der Waals surface area contributed by atoms with E-state index < -0.39 is 11.2 Å². The maximum atomic E-state index is 11.4. The Morgan fingerprint density at radius 1 is 0.958 bits per heavy atom. The van der Waals surface area contributed by atoms with E-state index in [2.05, 4.69) is 13.5 Å². The highest BCUT2D eigenvalue weighted by Gasteiger charge is 2.61. The second kappa shape index (κ2) is 5.84. The number of hydrogen-bond acceptors (Lipinski definition) is 2. The molecular formula is C22H36O2. The Morgan fingerprint density at radius 2 is 1.67 bits per heavy atom. The molecular weight excluding hydrogens is 296 g/mol. The lowest BCUT2D eigenvalue weighted by molar-refractivity contribution is -0.0780. The van der Waals surface area contributed by atoms with Crippen LogP contribution in [0.1, 0.15) is 78.1 Å². The molecule has 136 valence electrons. The van der Waals surface area contributed by atoms with Gasteiger partial charge >= 0.3 is 0 Å². The summed E-state index contributed by atoms with van der Waals surface area (Å²) in [6.07, 6.45) is 12.0. The van der Waals surface area contributed by atoms with Crippen molar-refractivity contribution in [2.24, 2.45) is 35.5 Å². The van der Waals surface area contributed by atoms with E-state index in [0.29, 0.717) is 23.7 Å². The van der Waals surface area contributed by atoms with Crippen LogP contribution in [0.3, 0.4) is 0 Å². The minimum Gasteiger partial charge on any atom is -0.390 e. The standard InChI is InChI=1S/C22H36O2/c1-14(15-7-5-4-6-8-15)18-13-16-9-10-17(18)20-19(22(16,3)24)11-12-21(20,2)23/h15-20,23-24H,1,4-13H2,2-3H3/t16-,17+,18-,19+,20+,21+,22-/m1/s1. The third kappa shape index (κ3) is 2.51. The number of aliphatic hydroxyl groups is 2. The highest BCUT2D eigenvalue weighted by atomic mass is 16.3. The van der Waals surface area contributed by atoms with Crippen LogP contribution in [0.25, 0.3) is 0 Å². The van der Waals surface area contributed by atoms with Crippen molar-refractivity contribution < 1.29 is 10.2 Å². The number of rotatable bonds is 2. The number of hydrogen-bond donors (Lipinski definition) is 2. The predicted octanol–water partition coefficient (Wildman–Crippen LogP) is 4.70. The van der Waals surface area contributed by atoms with Gasteiger partial charge in [0.25, 0.3) is 0 Å². The molecule has 5 saturated carbocycles. The van der Waals surface area contributed by atoms with Gasteiger partial charge < -0.3 is 10.2 Å². The molecule has 0 aliphatic heterocycles. The van der Waals surface area contributed by atoms with E-state index >= 15 is 0 Å². The summed E-state index contributed by atoms with van der Waals surface area (Å²) in [7, 11) is 0. The molecule has 2 nitrogen and oxygen atoms in total. The summed E-state index contributed by atoms with van der Waals surface area (Å²) >= 11 is 0. The van der Waals surface area contributed by atoms with Crippen molar-refractivity contribution in [1.29, 1.82) is 0 Å². The molecule has 2 heteroatoms. The molecule has 0 heterocycles. The summed E-state index contributed by atoms with van der Waals surface area (Å²) in [6.45, 7) is 8.72. The third-order valence-corrected chi connectivity index (χ3v) is 8.66. The van der Waals surface area contributed by atoms with E-state index in [1.54, 1.807) is 0 Å². The number of fused-ring (bicyclic) bond motifs is 2. The smallest absolute Gasteiger partial charge is 0.0679 e. The molecule has 0 aromatic heterocycles. The van der Waals surface area contributed by atoms with Crippen molar-refractivity contribution in [3.8, 4) is 0 Å². The second-order valence-electron chi connectivity index (χ2n) is 9.94. The van der Waals surface area contributed by atoms with E-state index in [9.17, 15) is 10.2 Å². The fourth-order valence-corrected chi connectivity index (χ4v) is 7.30. The molecule has 5 aliphatic rings. The Bertz CT molecular complexity index is 500. The van der Waals surface area contributed by atoms with Gasteiger partial charge in [-0.05, 0) is 94.3 Å². The number of allylic oxidation sites excluding steroid dienone is 1. The first-order chi connectivity index (χ1) is 11.3. The molecule has 0 aromatic rings. The maximum absolute atomic E-state index is 11.4. The van der Waals surface area contributed by atoms with E-state index in [1.807, 2.05) is 6.92 Å². The van der Waals surface area contributed by atoms with Crippen LogP contribution >= 0.6 is 0 Å². The zero-order valence-corrected chi connectivity index (χ0v) is 15.6. The van der Waals surface area contributed by atoms with Crippen LogP contribution in [0.5, 0.6) is 0 Å². The zero-order valence-electron chi connectivity index (χ0n) is 15.6. The van der Waals surface area contributed by atoms with Crippen molar-refractivity contribution in [3.05, 3.63) is 12.2 Å². The lowest BCUT2D eigenvalue weighted by Crippen LogP contribution is -2.44. The molecule has 0 saturated heterocycles. The highest BCUT2D eigenvalue weighted by molar-refractivity contribution is 5.18. The van der Waals surface area contributed by atoms with Gasteiger partial charge in [0.2, 0.25) is 0 Å². The molecule has 5 fully saturated rings. The van der Waals surface area contributed by atoms with Crippen LogP contribution in [0.2, 0.25) is 0 Å². The highest BCUT2D eigenvalue weighted by Crippen LogP contribution is 2.62. The molecule has 5 aliphatic carbocycles. The fourth-order valence-electron chi connectivity index (χ4n) is 7.30. The van der Waals surface area contributed by atoms with Gasteiger partial charge in [-0.1, -0.05) is 31.4 Å². The van der Waals surface area contributed by atoms with Gasteiger partial charge in [-0.3, -0.25) is 0 Å². The monoisotopic (exact) mass is 332 g/mol. The molecule has 2 N–H and O–H groups in total. The first-order valence-corrected chi connectivity index (χ1v) is 10.5. The van der Waals surface area contributed by atoms with Crippen LogP contribution in [0.15, 0.2) is 12.2 Å². The minimum absolute atomic E-state index is 0.255. The Labute approximate surface area is 147 Å². The van der Waals surface area contributed by atoms with Crippen molar-refractivity contribution in [2.75, 3.05) is 0 Å². The molecule has 5 rings (SSSR count). The predicted molar refractivity (Wildman–Crippen MR) is 97.5 cm³/mol. The molecule has 0 spiro atoms. The fraction of sp³-hybridized carbons (Fsp3) is 0.909.